The molecular weight excluding hydrogens is 284 g/mol. The fraction of sp³-hybridized carbons (Fsp3) is 0.235. The molecule has 0 spiro atoms. The van der Waals surface area contributed by atoms with Crippen molar-refractivity contribution in [1.29, 1.82) is 0 Å². The maximum atomic E-state index is 11.2. The van der Waals surface area contributed by atoms with Crippen LogP contribution in [0.25, 0.3) is 0 Å². The summed E-state index contributed by atoms with van der Waals surface area (Å²) in [6.07, 6.45) is 1.91. The number of aromatic carboxylic acids is 1. The van der Waals surface area contributed by atoms with Crippen molar-refractivity contribution in [3.8, 4) is 5.75 Å². The Balaban J connectivity index is 1.63. The molecule has 1 aliphatic heterocycles. The summed E-state index contributed by atoms with van der Waals surface area (Å²) >= 11 is 1.59. The molecule has 0 unspecified atom stereocenters. The van der Waals surface area contributed by atoms with Gasteiger partial charge in [-0.05, 0) is 35.7 Å². The first kappa shape index (κ1) is 14.0. The molecule has 0 aromatic heterocycles. The average molecular weight is 300 g/mol. The molecule has 2 aromatic carbocycles. The van der Waals surface area contributed by atoms with Crippen molar-refractivity contribution in [3.63, 3.8) is 0 Å². The van der Waals surface area contributed by atoms with Crippen LogP contribution in [0, 0.1) is 0 Å². The van der Waals surface area contributed by atoms with Crippen LogP contribution in [0.4, 0.5) is 0 Å². The van der Waals surface area contributed by atoms with Crippen LogP contribution in [-0.2, 0) is 12.8 Å². The van der Waals surface area contributed by atoms with Crippen molar-refractivity contribution in [3.05, 3.63) is 59.2 Å². The van der Waals surface area contributed by atoms with E-state index in [1.807, 2.05) is 18.2 Å². The lowest BCUT2D eigenvalue weighted by Crippen LogP contribution is -1.99. The highest BCUT2D eigenvalue weighted by molar-refractivity contribution is 7.99. The Morgan fingerprint density at radius 3 is 2.95 bits per heavy atom. The van der Waals surface area contributed by atoms with Crippen LogP contribution < -0.4 is 4.74 Å². The van der Waals surface area contributed by atoms with Gasteiger partial charge in [0.1, 0.15) is 5.75 Å². The molecule has 3 nitrogen and oxygen atoms in total. The second-order valence-electron chi connectivity index (χ2n) is 4.94. The van der Waals surface area contributed by atoms with E-state index in [-0.39, 0.29) is 0 Å². The molecule has 0 saturated heterocycles. The summed E-state index contributed by atoms with van der Waals surface area (Å²) < 4.78 is 5.50. The lowest BCUT2D eigenvalue weighted by Gasteiger charge is -2.06. The van der Waals surface area contributed by atoms with E-state index in [2.05, 4.69) is 12.1 Å². The first-order valence-corrected chi connectivity index (χ1v) is 7.92. The van der Waals surface area contributed by atoms with E-state index in [0.717, 1.165) is 35.8 Å². The van der Waals surface area contributed by atoms with E-state index in [1.54, 1.807) is 23.9 Å². The molecular formula is C17H16O3S. The molecule has 108 valence electrons. The topological polar surface area (TPSA) is 46.5 Å². The van der Waals surface area contributed by atoms with Gasteiger partial charge in [0.25, 0.3) is 0 Å². The van der Waals surface area contributed by atoms with Gasteiger partial charge in [-0.3, -0.25) is 0 Å². The molecule has 0 saturated carbocycles. The zero-order chi connectivity index (χ0) is 14.7. The summed E-state index contributed by atoms with van der Waals surface area (Å²) in [6, 6.07) is 13.5. The van der Waals surface area contributed by atoms with Crippen LogP contribution in [0.1, 0.15) is 21.5 Å². The Kier molecular flexibility index (Phi) is 4.15. The highest BCUT2D eigenvalue weighted by Crippen LogP contribution is 2.28. The SMILES string of the molecule is O=C(O)c1ccccc1SCCc1ccc2c(c1)CCO2. The number of carbonyl (C=O) groups is 1. The molecule has 1 aliphatic rings. The predicted molar refractivity (Wildman–Crippen MR) is 83.5 cm³/mol. The molecule has 3 rings (SSSR count). The van der Waals surface area contributed by atoms with Crippen LogP contribution in [-0.4, -0.2) is 23.4 Å². The quantitative estimate of drug-likeness (QED) is 0.856. The van der Waals surface area contributed by atoms with Gasteiger partial charge in [-0.15, -0.1) is 11.8 Å². The van der Waals surface area contributed by atoms with Gasteiger partial charge in [0.2, 0.25) is 0 Å². The molecule has 0 bridgehead atoms. The second kappa shape index (κ2) is 6.22. The number of thioether (sulfide) groups is 1. The lowest BCUT2D eigenvalue weighted by atomic mass is 10.1. The molecule has 1 heterocycles. The van der Waals surface area contributed by atoms with Gasteiger partial charge in [-0.25, -0.2) is 4.79 Å². The van der Waals surface area contributed by atoms with E-state index in [9.17, 15) is 4.79 Å². The molecule has 21 heavy (non-hydrogen) atoms. The van der Waals surface area contributed by atoms with Crippen LogP contribution in [0.3, 0.4) is 0 Å². The monoisotopic (exact) mass is 300 g/mol. The molecule has 4 heteroatoms. The third-order valence-corrected chi connectivity index (χ3v) is 4.59. The summed E-state index contributed by atoms with van der Waals surface area (Å²) in [4.78, 5) is 12.0. The molecule has 1 N–H and O–H groups in total. The van der Waals surface area contributed by atoms with Crippen LogP contribution >= 0.6 is 11.8 Å². The number of benzene rings is 2. The zero-order valence-electron chi connectivity index (χ0n) is 11.5. The molecule has 0 amide bonds. The Bertz CT molecular complexity index is 667. The number of rotatable bonds is 5. The van der Waals surface area contributed by atoms with Crippen molar-refractivity contribution in [2.75, 3.05) is 12.4 Å². The van der Waals surface area contributed by atoms with Gasteiger partial charge in [-0.1, -0.05) is 24.3 Å². The molecule has 0 atom stereocenters. The first-order valence-electron chi connectivity index (χ1n) is 6.94. The van der Waals surface area contributed by atoms with Crippen molar-refractivity contribution in [2.45, 2.75) is 17.7 Å². The summed E-state index contributed by atoms with van der Waals surface area (Å²) in [5.74, 6) is 1.000. The van der Waals surface area contributed by atoms with Gasteiger partial charge in [0.15, 0.2) is 0 Å². The maximum Gasteiger partial charge on any atom is 0.336 e. The van der Waals surface area contributed by atoms with Crippen LogP contribution in [0.15, 0.2) is 47.4 Å². The molecule has 0 aliphatic carbocycles. The first-order chi connectivity index (χ1) is 10.2. The van der Waals surface area contributed by atoms with Gasteiger partial charge in [-0.2, -0.15) is 0 Å². The third-order valence-electron chi connectivity index (χ3n) is 3.52. The standard InChI is InChI=1S/C17H16O3S/c18-17(19)14-3-1-2-4-16(14)21-10-8-12-5-6-15-13(11-12)7-9-20-15/h1-6,11H,7-10H2,(H,18,19). The maximum absolute atomic E-state index is 11.2. The minimum absolute atomic E-state index is 0.379. The number of carboxylic acid groups (broad SMARTS) is 1. The Morgan fingerprint density at radius 1 is 1.24 bits per heavy atom. The zero-order valence-corrected chi connectivity index (χ0v) is 12.4. The number of ether oxygens (including phenoxy) is 1. The fourth-order valence-corrected chi connectivity index (χ4v) is 3.49. The Labute approximate surface area is 127 Å². The van der Waals surface area contributed by atoms with Gasteiger partial charge in [0, 0.05) is 17.1 Å². The lowest BCUT2D eigenvalue weighted by molar-refractivity contribution is 0.0693. The normalized spacial score (nSPS) is 12.8. The van der Waals surface area contributed by atoms with Crippen molar-refractivity contribution < 1.29 is 14.6 Å². The predicted octanol–water partition coefficient (Wildman–Crippen LogP) is 3.65. The average Bonchev–Trinajstić information content (AvgIpc) is 2.95. The number of fused-ring (bicyclic) bond motifs is 1. The summed E-state index contributed by atoms with van der Waals surface area (Å²) in [6.45, 7) is 0.777. The minimum Gasteiger partial charge on any atom is -0.493 e. The van der Waals surface area contributed by atoms with Gasteiger partial charge < -0.3 is 9.84 Å². The van der Waals surface area contributed by atoms with E-state index >= 15 is 0 Å². The Morgan fingerprint density at radius 2 is 2.10 bits per heavy atom. The van der Waals surface area contributed by atoms with Gasteiger partial charge >= 0.3 is 5.97 Å². The Hall–Kier alpha value is -1.94. The number of hydrogen-bond acceptors (Lipinski definition) is 3. The highest BCUT2D eigenvalue weighted by Gasteiger charge is 2.12. The number of aryl methyl sites for hydroxylation is 1. The summed E-state index contributed by atoms with van der Waals surface area (Å²) in [7, 11) is 0. The second-order valence-corrected chi connectivity index (χ2v) is 6.08. The largest absolute Gasteiger partial charge is 0.493 e. The third kappa shape index (κ3) is 3.22. The van der Waals surface area contributed by atoms with Gasteiger partial charge in [0.05, 0.1) is 12.2 Å². The highest BCUT2D eigenvalue weighted by atomic mass is 32.2. The van der Waals surface area contributed by atoms with E-state index in [0.29, 0.717) is 5.56 Å². The summed E-state index contributed by atoms with van der Waals surface area (Å²) in [5.41, 5.74) is 2.94. The van der Waals surface area contributed by atoms with E-state index in [1.165, 1.54) is 11.1 Å². The van der Waals surface area contributed by atoms with Crippen LogP contribution in [0.2, 0.25) is 0 Å². The minimum atomic E-state index is -0.868. The molecule has 0 radical (unpaired) electrons. The van der Waals surface area contributed by atoms with E-state index < -0.39 is 5.97 Å². The van der Waals surface area contributed by atoms with E-state index in [4.69, 9.17) is 9.84 Å². The van der Waals surface area contributed by atoms with Crippen molar-refractivity contribution >= 4 is 17.7 Å². The molecule has 2 aromatic rings. The number of carboxylic acids is 1. The van der Waals surface area contributed by atoms with Crippen molar-refractivity contribution in [1.82, 2.24) is 0 Å². The number of hydrogen-bond donors (Lipinski definition) is 1. The molecule has 0 fully saturated rings. The summed E-state index contributed by atoms with van der Waals surface area (Å²) in [5, 5.41) is 9.16. The smallest absolute Gasteiger partial charge is 0.336 e. The van der Waals surface area contributed by atoms with Crippen molar-refractivity contribution in [2.24, 2.45) is 0 Å². The fourth-order valence-electron chi connectivity index (χ4n) is 2.44. The van der Waals surface area contributed by atoms with Crippen LogP contribution in [0.5, 0.6) is 5.75 Å².